The lowest BCUT2D eigenvalue weighted by Gasteiger charge is -2.21. The van der Waals surface area contributed by atoms with Crippen molar-refractivity contribution in [1.29, 1.82) is 0 Å². The van der Waals surface area contributed by atoms with E-state index < -0.39 is 0 Å². The molecule has 0 N–H and O–H groups in total. The molecule has 2 nitrogen and oxygen atoms in total. The molecule has 2 aromatic carbocycles. The maximum Gasteiger partial charge on any atom is 0.308 e. The first-order valence-corrected chi connectivity index (χ1v) is 9.24. The average molecular weight is 334 g/mol. The van der Waals surface area contributed by atoms with Gasteiger partial charge in [0.25, 0.3) is 0 Å². The van der Waals surface area contributed by atoms with E-state index in [4.69, 9.17) is 4.74 Å². The van der Waals surface area contributed by atoms with E-state index in [1.165, 1.54) is 55.7 Å². The topological polar surface area (TPSA) is 26.3 Å². The number of rotatable bonds is 5. The quantitative estimate of drug-likeness (QED) is 0.476. The molecule has 0 fully saturated rings. The fourth-order valence-corrected chi connectivity index (χ4v) is 3.58. The monoisotopic (exact) mass is 334 g/mol. The molecule has 0 heterocycles. The zero-order chi connectivity index (χ0) is 17.6. The molecule has 0 saturated heterocycles. The molecule has 1 aliphatic rings. The maximum atomic E-state index is 11.0. The van der Waals surface area contributed by atoms with Crippen LogP contribution in [0.4, 0.5) is 0 Å². The van der Waals surface area contributed by atoms with E-state index in [-0.39, 0.29) is 5.97 Å². The van der Waals surface area contributed by atoms with Crippen LogP contribution in [0.1, 0.15) is 51.5 Å². The molecule has 0 amide bonds. The van der Waals surface area contributed by atoms with E-state index in [0.717, 1.165) is 11.5 Å². The minimum Gasteiger partial charge on any atom is -0.427 e. The number of benzene rings is 2. The van der Waals surface area contributed by atoms with Gasteiger partial charge in [0, 0.05) is 6.92 Å². The highest BCUT2D eigenvalue weighted by Crippen LogP contribution is 2.33. The number of carbonyl (C=O) groups is 1. The highest BCUT2D eigenvalue weighted by molar-refractivity contribution is 5.72. The van der Waals surface area contributed by atoms with Crippen LogP contribution < -0.4 is 4.74 Å². The van der Waals surface area contributed by atoms with Crippen LogP contribution in [-0.4, -0.2) is 5.97 Å². The van der Waals surface area contributed by atoms with Crippen LogP contribution in [0.25, 0.3) is 16.7 Å². The Hall–Kier alpha value is -2.35. The predicted molar refractivity (Wildman–Crippen MR) is 103 cm³/mol. The standard InChI is InChI=1S/C23H26O2/c1-3-4-18-5-7-19(8-6-18)20-9-11-21(12-10-20)22-13-15-23(16-14-22)25-17(2)24/h7,9-16,18H,3-6,8H2,1-2H3. The number of ether oxygens (including phenoxy) is 1. The normalized spacial score (nSPS) is 17.0. The molecular formula is C23H26O2. The number of allylic oxidation sites excluding steroid dienone is 2. The Morgan fingerprint density at radius 2 is 1.60 bits per heavy atom. The van der Waals surface area contributed by atoms with Crippen molar-refractivity contribution in [1.82, 2.24) is 0 Å². The molecule has 130 valence electrons. The number of esters is 1. The van der Waals surface area contributed by atoms with E-state index in [9.17, 15) is 4.79 Å². The fourth-order valence-electron chi connectivity index (χ4n) is 3.58. The first-order chi connectivity index (χ1) is 12.2. The van der Waals surface area contributed by atoms with Gasteiger partial charge in [0.05, 0.1) is 0 Å². The van der Waals surface area contributed by atoms with Crippen LogP contribution in [0.3, 0.4) is 0 Å². The lowest BCUT2D eigenvalue weighted by molar-refractivity contribution is -0.131. The summed E-state index contributed by atoms with van der Waals surface area (Å²) in [4.78, 5) is 11.0. The van der Waals surface area contributed by atoms with Crippen LogP contribution in [0.2, 0.25) is 0 Å². The summed E-state index contributed by atoms with van der Waals surface area (Å²) >= 11 is 0. The molecule has 0 aliphatic heterocycles. The molecule has 0 spiro atoms. The lowest BCUT2D eigenvalue weighted by Crippen LogP contribution is -2.04. The Morgan fingerprint density at radius 3 is 2.12 bits per heavy atom. The summed E-state index contributed by atoms with van der Waals surface area (Å²) in [6.07, 6.45) is 8.82. The summed E-state index contributed by atoms with van der Waals surface area (Å²) in [5.74, 6) is 1.17. The third kappa shape index (κ3) is 4.60. The Bertz CT molecular complexity index is 739. The number of hydrogen-bond donors (Lipinski definition) is 0. The largest absolute Gasteiger partial charge is 0.427 e. The molecule has 0 aromatic heterocycles. The van der Waals surface area contributed by atoms with Crippen LogP contribution in [-0.2, 0) is 4.79 Å². The van der Waals surface area contributed by atoms with Gasteiger partial charge in [-0.3, -0.25) is 4.79 Å². The molecule has 0 radical (unpaired) electrons. The minimum atomic E-state index is -0.293. The molecule has 2 aromatic rings. The second-order valence-corrected chi connectivity index (χ2v) is 6.85. The first kappa shape index (κ1) is 17.5. The van der Waals surface area contributed by atoms with Crippen LogP contribution in [0.5, 0.6) is 5.75 Å². The lowest BCUT2D eigenvalue weighted by atomic mass is 9.84. The van der Waals surface area contributed by atoms with Gasteiger partial charge in [0.1, 0.15) is 5.75 Å². The van der Waals surface area contributed by atoms with Gasteiger partial charge in [-0.2, -0.15) is 0 Å². The molecule has 0 saturated carbocycles. The van der Waals surface area contributed by atoms with Crippen LogP contribution in [0.15, 0.2) is 54.6 Å². The molecule has 1 atom stereocenters. The van der Waals surface area contributed by atoms with E-state index in [1.807, 2.05) is 24.3 Å². The van der Waals surface area contributed by atoms with Gasteiger partial charge in [0.15, 0.2) is 0 Å². The maximum absolute atomic E-state index is 11.0. The summed E-state index contributed by atoms with van der Waals surface area (Å²) < 4.78 is 5.08. The van der Waals surface area contributed by atoms with Crippen molar-refractivity contribution >= 4 is 11.5 Å². The summed E-state index contributed by atoms with van der Waals surface area (Å²) in [5.41, 5.74) is 5.14. The number of hydrogen-bond acceptors (Lipinski definition) is 2. The van der Waals surface area contributed by atoms with E-state index >= 15 is 0 Å². The fraction of sp³-hybridized carbons (Fsp3) is 0.348. The summed E-state index contributed by atoms with van der Waals surface area (Å²) in [6, 6.07) is 16.4. The second kappa shape index (κ2) is 8.15. The molecule has 1 unspecified atom stereocenters. The smallest absolute Gasteiger partial charge is 0.308 e. The first-order valence-electron chi connectivity index (χ1n) is 9.24. The molecule has 25 heavy (non-hydrogen) atoms. The molecular weight excluding hydrogens is 308 g/mol. The predicted octanol–water partition coefficient (Wildman–Crippen LogP) is 6.26. The van der Waals surface area contributed by atoms with Gasteiger partial charge in [-0.15, -0.1) is 0 Å². The van der Waals surface area contributed by atoms with Crippen molar-refractivity contribution < 1.29 is 9.53 Å². The van der Waals surface area contributed by atoms with Gasteiger partial charge in [0.2, 0.25) is 0 Å². The van der Waals surface area contributed by atoms with Crippen molar-refractivity contribution in [3.63, 3.8) is 0 Å². The molecule has 2 heteroatoms. The minimum absolute atomic E-state index is 0.293. The van der Waals surface area contributed by atoms with Crippen molar-refractivity contribution in [2.45, 2.75) is 46.0 Å². The highest BCUT2D eigenvalue weighted by Gasteiger charge is 2.14. The van der Waals surface area contributed by atoms with Gasteiger partial charge in [-0.25, -0.2) is 0 Å². The molecule has 3 rings (SSSR count). The molecule has 1 aliphatic carbocycles. The van der Waals surface area contributed by atoms with Gasteiger partial charge in [-0.1, -0.05) is 62.2 Å². The van der Waals surface area contributed by atoms with Gasteiger partial charge < -0.3 is 4.74 Å². The van der Waals surface area contributed by atoms with Crippen molar-refractivity contribution in [3.8, 4) is 16.9 Å². The SMILES string of the molecule is CCCC1CC=C(c2ccc(-c3ccc(OC(C)=O)cc3)cc2)CC1. The second-order valence-electron chi connectivity index (χ2n) is 6.85. The average Bonchev–Trinajstić information content (AvgIpc) is 2.63. The molecule has 0 bridgehead atoms. The van der Waals surface area contributed by atoms with Crippen molar-refractivity contribution in [2.75, 3.05) is 0 Å². The van der Waals surface area contributed by atoms with E-state index in [0.29, 0.717) is 5.75 Å². The van der Waals surface area contributed by atoms with Gasteiger partial charge in [-0.05, 0) is 59.6 Å². The Labute approximate surface area is 150 Å². The summed E-state index contributed by atoms with van der Waals surface area (Å²) in [5, 5.41) is 0. The van der Waals surface area contributed by atoms with Gasteiger partial charge >= 0.3 is 5.97 Å². The Morgan fingerprint density at radius 1 is 1.00 bits per heavy atom. The third-order valence-corrected chi connectivity index (χ3v) is 4.92. The summed E-state index contributed by atoms with van der Waals surface area (Å²) in [7, 11) is 0. The van der Waals surface area contributed by atoms with Crippen LogP contribution >= 0.6 is 0 Å². The highest BCUT2D eigenvalue weighted by atomic mass is 16.5. The number of carbonyl (C=O) groups excluding carboxylic acids is 1. The third-order valence-electron chi connectivity index (χ3n) is 4.92. The van der Waals surface area contributed by atoms with Crippen molar-refractivity contribution in [3.05, 3.63) is 60.2 Å². The summed E-state index contributed by atoms with van der Waals surface area (Å²) in [6.45, 7) is 3.69. The zero-order valence-corrected chi connectivity index (χ0v) is 15.1. The Kier molecular flexibility index (Phi) is 5.70. The Balaban J connectivity index is 1.69. The van der Waals surface area contributed by atoms with E-state index in [2.05, 4.69) is 37.3 Å². The zero-order valence-electron chi connectivity index (χ0n) is 15.1. The van der Waals surface area contributed by atoms with E-state index in [1.54, 1.807) is 0 Å². The van der Waals surface area contributed by atoms with Crippen LogP contribution in [0, 0.1) is 5.92 Å². The van der Waals surface area contributed by atoms with Crippen molar-refractivity contribution in [2.24, 2.45) is 5.92 Å².